The standard InChI is InChI=1S/C16H30BN5O5/c1-4-8(5-2)12(20-7(3)23)11-10(21-15(18)19)6-9(14(24)25)13(11)27-16(26)22-17/h8-13H,4-6,17H2,1-3H3,(H,20,23)(H,22,26)(H,24,25)(H4,18,19,21)/t9-,10+,11+,12+,13+/m0/s1. The van der Waals surface area contributed by atoms with Crippen LogP contribution in [0, 0.1) is 23.2 Å². The van der Waals surface area contributed by atoms with Crippen molar-refractivity contribution in [2.24, 2.45) is 23.5 Å². The van der Waals surface area contributed by atoms with Crippen molar-refractivity contribution in [2.75, 3.05) is 0 Å². The minimum absolute atomic E-state index is 0.0403. The molecular formula is C16H30BN5O5. The molecule has 1 fully saturated rings. The zero-order valence-corrected chi connectivity index (χ0v) is 16.2. The summed E-state index contributed by atoms with van der Waals surface area (Å²) in [4.78, 5) is 35.5. The van der Waals surface area contributed by atoms with Gasteiger partial charge in [0, 0.05) is 24.9 Å². The van der Waals surface area contributed by atoms with Crippen molar-refractivity contribution in [3.05, 3.63) is 0 Å². The lowest BCUT2D eigenvalue weighted by Gasteiger charge is -2.37. The van der Waals surface area contributed by atoms with Gasteiger partial charge in [-0.05, 0) is 12.3 Å². The number of guanidine groups is 1. The summed E-state index contributed by atoms with van der Waals surface area (Å²) in [6.45, 7) is 5.35. The number of carbonyl (C=O) groups excluding carboxylic acids is 2. The Hall–Kier alpha value is -2.46. The minimum atomic E-state index is -1.10. The first-order valence-electron chi connectivity index (χ1n) is 9.14. The van der Waals surface area contributed by atoms with Gasteiger partial charge in [0.25, 0.3) is 0 Å². The van der Waals surface area contributed by atoms with Crippen LogP contribution < -0.4 is 21.6 Å². The fourth-order valence-corrected chi connectivity index (χ4v) is 4.02. The third-order valence-electron chi connectivity index (χ3n) is 5.19. The maximum absolute atomic E-state index is 11.9. The molecule has 1 aliphatic rings. The summed E-state index contributed by atoms with van der Waals surface area (Å²) in [7, 11) is 1.39. The number of ether oxygens (including phenoxy) is 1. The Kier molecular flexibility index (Phi) is 8.39. The molecule has 1 saturated carbocycles. The number of nitrogens with two attached hydrogens (primary N) is 1. The predicted molar refractivity (Wildman–Crippen MR) is 102 cm³/mol. The van der Waals surface area contributed by atoms with Crippen molar-refractivity contribution >= 4 is 31.9 Å². The third kappa shape index (κ3) is 5.76. The Morgan fingerprint density at radius 3 is 2.33 bits per heavy atom. The summed E-state index contributed by atoms with van der Waals surface area (Å²) in [6, 6.07) is -0.968. The van der Waals surface area contributed by atoms with Crippen LogP contribution in [0.4, 0.5) is 4.79 Å². The van der Waals surface area contributed by atoms with Crippen LogP contribution in [0.2, 0.25) is 0 Å². The number of nitrogens with one attached hydrogen (secondary N) is 4. The molecule has 0 unspecified atom stereocenters. The van der Waals surface area contributed by atoms with Crippen LogP contribution >= 0.6 is 0 Å². The fourth-order valence-electron chi connectivity index (χ4n) is 4.02. The zero-order valence-electron chi connectivity index (χ0n) is 16.2. The number of aliphatic carboxylic acids is 1. The lowest BCUT2D eigenvalue weighted by molar-refractivity contribution is -0.145. The van der Waals surface area contributed by atoms with E-state index in [4.69, 9.17) is 15.9 Å². The Labute approximate surface area is 159 Å². The molecular weight excluding hydrogens is 353 g/mol. The van der Waals surface area contributed by atoms with Crippen molar-refractivity contribution in [3.8, 4) is 0 Å². The lowest BCUT2D eigenvalue weighted by atomic mass is 9.80. The van der Waals surface area contributed by atoms with E-state index in [-0.39, 0.29) is 24.2 Å². The molecule has 10 nitrogen and oxygen atoms in total. The van der Waals surface area contributed by atoms with Crippen molar-refractivity contribution < 1.29 is 24.2 Å². The van der Waals surface area contributed by atoms with Crippen LogP contribution in [0.3, 0.4) is 0 Å². The van der Waals surface area contributed by atoms with Crippen molar-refractivity contribution in [3.63, 3.8) is 0 Å². The first kappa shape index (κ1) is 22.6. The summed E-state index contributed by atoms with van der Waals surface area (Å²) in [5, 5.41) is 25.2. The minimum Gasteiger partial charge on any atom is -0.481 e. The molecule has 0 saturated heterocycles. The molecule has 0 aliphatic heterocycles. The molecule has 0 aromatic heterocycles. The quantitative estimate of drug-likeness (QED) is 0.180. The van der Waals surface area contributed by atoms with Crippen LogP contribution in [0.5, 0.6) is 0 Å². The second-order valence-electron chi connectivity index (χ2n) is 6.85. The molecule has 0 aromatic rings. The van der Waals surface area contributed by atoms with Gasteiger partial charge in [-0.3, -0.25) is 15.0 Å². The summed E-state index contributed by atoms with van der Waals surface area (Å²) >= 11 is 0. The molecule has 27 heavy (non-hydrogen) atoms. The van der Waals surface area contributed by atoms with Crippen LogP contribution in [-0.2, 0) is 14.3 Å². The van der Waals surface area contributed by atoms with Crippen LogP contribution in [-0.4, -0.2) is 55.2 Å². The van der Waals surface area contributed by atoms with Gasteiger partial charge in [-0.25, -0.2) is 4.79 Å². The number of rotatable bonds is 8. The highest BCUT2D eigenvalue weighted by Crippen LogP contribution is 2.39. The zero-order chi connectivity index (χ0) is 20.7. The van der Waals surface area contributed by atoms with Gasteiger partial charge >= 0.3 is 12.1 Å². The number of amides is 2. The first-order chi connectivity index (χ1) is 12.7. The highest BCUT2D eigenvalue weighted by molar-refractivity contribution is 6.12. The van der Waals surface area contributed by atoms with Crippen LogP contribution in [0.1, 0.15) is 40.0 Å². The maximum Gasteiger partial charge on any atom is 0.394 e. The van der Waals surface area contributed by atoms with E-state index in [1.807, 2.05) is 13.8 Å². The first-order valence-corrected chi connectivity index (χ1v) is 9.14. The topological polar surface area (TPSA) is 167 Å². The number of carboxylic acids is 1. The van der Waals surface area contributed by atoms with Crippen LogP contribution in [0.15, 0.2) is 0 Å². The van der Waals surface area contributed by atoms with Gasteiger partial charge in [-0.2, -0.15) is 0 Å². The van der Waals surface area contributed by atoms with E-state index >= 15 is 0 Å². The Balaban J connectivity index is 3.39. The summed E-state index contributed by atoms with van der Waals surface area (Å²) in [5.41, 5.74) is 5.49. The smallest absolute Gasteiger partial charge is 0.394 e. The van der Waals surface area contributed by atoms with Gasteiger partial charge in [0.05, 0.1) is 5.92 Å². The highest BCUT2D eigenvalue weighted by atomic mass is 16.6. The summed E-state index contributed by atoms with van der Waals surface area (Å²) < 4.78 is 5.43. The van der Waals surface area contributed by atoms with Crippen molar-refractivity contribution in [1.29, 1.82) is 5.41 Å². The molecule has 1 rings (SSSR count). The van der Waals surface area contributed by atoms with Gasteiger partial charge in [-0.15, -0.1) is 0 Å². The van der Waals surface area contributed by atoms with E-state index in [0.717, 1.165) is 12.8 Å². The Morgan fingerprint density at radius 1 is 1.33 bits per heavy atom. The molecule has 152 valence electrons. The number of carboxylic acid groups (broad SMARTS) is 1. The van der Waals surface area contributed by atoms with Gasteiger partial charge in [0.2, 0.25) is 13.9 Å². The number of carbonyl (C=O) groups is 3. The predicted octanol–water partition coefficient (Wildman–Crippen LogP) is -0.857. The molecule has 0 bridgehead atoms. The Bertz CT molecular complexity index is 571. The Morgan fingerprint density at radius 2 is 1.93 bits per heavy atom. The lowest BCUT2D eigenvalue weighted by Crippen LogP contribution is -2.55. The van der Waals surface area contributed by atoms with Gasteiger partial charge < -0.3 is 31.4 Å². The molecule has 1 aliphatic carbocycles. The van der Waals surface area contributed by atoms with Gasteiger partial charge in [0.15, 0.2) is 5.96 Å². The summed E-state index contributed by atoms with van der Waals surface area (Å²) in [5.74, 6) is -3.16. The average Bonchev–Trinajstić information content (AvgIpc) is 2.91. The van der Waals surface area contributed by atoms with E-state index in [2.05, 4.69) is 15.9 Å². The van der Waals surface area contributed by atoms with E-state index in [0.29, 0.717) is 0 Å². The molecule has 7 N–H and O–H groups in total. The van der Waals surface area contributed by atoms with Gasteiger partial charge in [0.1, 0.15) is 6.10 Å². The fraction of sp³-hybridized carbons (Fsp3) is 0.750. The van der Waals surface area contributed by atoms with Crippen LogP contribution in [0.25, 0.3) is 0 Å². The number of hydrogen-bond acceptors (Lipinski definition) is 5. The second kappa shape index (κ2) is 10.0. The average molecular weight is 383 g/mol. The molecule has 0 aromatic carbocycles. The van der Waals surface area contributed by atoms with Crippen molar-refractivity contribution in [2.45, 2.75) is 58.2 Å². The SMILES string of the molecule is BNC(=O)O[C@H]1[C@@H]([C@H](NC(C)=O)C(CC)CC)[C@H](NC(=N)N)C[C@@H]1C(=O)O. The highest BCUT2D eigenvalue weighted by Gasteiger charge is 2.53. The van der Waals surface area contributed by atoms with E-state index < -0.39 is 42.1 Å². The molecule has 0 spiro atoms. The molecule has 0 heterocycles. The van der Waals surface area contributed by atoms with E-state index in [1.165, 1.54) is 14.9 Å². The summed E-state index contributed by atoms with van der Waals surface area (Å²) in [6.07, 6.45) is -0.107. The third-order valence-corrected chi connectivity index (χ3v) is 5.19. The van der Waals surface area contributed by atoms with Gasteiger partial charge in [-0.1, -0.05) is 26.7 Å². The largest absolute Gasteiger partial charge is 0.481 e. The normalized spacial score (nSPS) is 25.5. The molecule has 2 amide bonds. The van der Waals surface area contributed by atoms with E-state index in [1.54, 1.807) is 0 Å². The molecule has 11 heteroatoms. The molecule has 5 atom stereocenters. The molecule has 0 radical (unpaired) electrons. The number of hydrogen-bond donors (Lipinski definition) is 6. The monoisotopic (exact) mass is 383 g/mol. The van der Waals surface area contributed by atoms with Crippen molar-refractivity contribution in [1.82, 2.24) is 15.9 Å². The van der Waals surface area contributed by atoms with E-state index in [9.17, 15) is 19.5 Å². The second-order valence-corrected chi connectivity index (χ2v) is 6.85. The maximum atomic E-state index is 11.9.